The van der Waals surface area contributed by atoms with Crippen LogP contribution in [0.1, 0.15) is 25.8 Å². The van der Waals surface area contributed by atoms with Crippen molar-refractivity contribution in [3.8, 4) is 0 Å². The first kappa shape index (κ1) is 16.0. The van der Waals surface area contributed by atoms with Crippen LogP contribution in [0.15, 0.2) is 24.3 Å². The summed E-state index contributed by atoms with van der Waals surface area (Å²) in [4.78, 5) is 26.0. The number of nitrogens with zero attached hydrogens (tertiary/aromatic N) is 2. The number of carboxylic acid groups (broad SMARTS) is 1. The molecule has 0 spiro atoms. The summed E-state index contributed by atoms with van der Waals surface area (Å²) in [5.74, 6) is -0.999. The summed E-state index contributed by atoms with van der Waals surface area (Å²) in [6, 6.07) is 7.41. The minimum Gasteiger partial charge on any atom is -0.480 e. The Labute approximate surface area is 119 Å². The average molecular weight is 278 g/mol. The van der Waals surface area contributed by atoms with Crippen LogP contribution in [0, 0.1) is 0 Å². The Hall–Kier alpha value is -2.04. The van der Waals surface area contributed by atoms with Gasteiger partial charge in [-0.25, -0.2) is 4.79 Å². The second-order valence-corrected chi connectivity index (χ2v) is 4.68. The maximum absolute atomic E-state index is 12.3. The number of urea groups is 1. The van der Waals surface area contributed by atoms with E-state index in [9.17, 15) is 9.59 Å². The van der Waals surface area contributed by atoms with E-state index >= 15 is 0 Å². The SMILES string of the molecule is CCCN(CC(=O)O)C(=O)N(C)c1ccc(CC)cc1. The molecule has 0 atom stereocenters. The third-order valence-electron chi connectivity index (χ3n) is 3.11. The Bertz CT molecular complexity index is 457. The molecule has 5 nitrogen and oxygen atoms in total. The van der Waals surface area contributed by atoms with Crippen LogP contribution in [0.2, 0.25) is 0 Å². The zero-order chi connectivity index (χ0) is 15.1. The summed E-state index contributed by atoms with van der Waals surface area (Å²) in [7, 11) is 1.66. The number of hydrogen-bond donors (Lipinski definition) is 1. The van der Waals surface area contributed by atoms with Crippen LogP contribution in [0.5, 0.6) is 0 Å². The van der Waals surface area contributed by atoms with Crippen LogP contribution in [-0.4, -0.2) is 42.1 Å². The molecule has 2 amide bonds. The number of rotatable bonds is 6. The highest BCUT2D eigenvalue weighted by Gasteiger charge is 2.20. The number of anilines is 1. The van der Waals surface area contributed by atoms with Crippen molar-refractivity contribution in [2.24, 2.45) is 0 Å². The normalized spacial score (nSPS) is 10.2. The van der Waals surface area contributed by atoms with E-state index in [1.165, 1.54) is 15.4 Å². The lowest BCUT2D eigenvalue weighted by Gasteiger charge is -2.26. The summed E-state index contributed by atoms with van der Waals surface area (Å²) in [5, 5.41) is 8.87. The quantitative estimate of drug-likeness (QED) is 0.870. The van der Waals surface area contributed by atoms with Crippen molar-refractivity contribution >= 4 is 17.7 Å². The summed E-state index contributed by atoms with van der Waals surface area (Å²) in [6.45, 7) is 4.14. The van der Waals surface area contributed by atoms with Gasteiger partial charge in [-0.2, -0.15) is 0 Å². The average Bonchev–Trinajstić information content (AvgIpc) is 2.45. The molecular weight excluding hydrogens is 256 g/mol. The lowest BCUT2D eigenvalue weighted by atomic mass is 10.1. The molecule has 0 radical (unpaired) electrons. The predicted molar refractivity (Wildman–Crippen MR) is 79.1 cm³/mol. The monoisotopic (exact) mass is 278 g/mol. The topological polar surface area (TPSA) is 60.9 Å². The molecule has 0 fully saturated rings. The summed E-state index contributed by atoms with van der Waals surface area (Å²) < 4.78 is 0. The van der Waals surface area contributed by atoms with Crippen molar-refractivity contribution in [1.29, 1.82) is 0 Å². The van der Waals surface area contributed by atoms with Crippen LogP contribution in [0.25, 0.3) is 0 Å². The first-order chi connectivity index (χ1) is 9.49. The number of benzene rings is 1. The van der Waals surface area contributed by atoms with E-state index in [1.807, 2.05) is 31.2 Å². The van der Waals surface area contributed by atoms with Crippen molar-refractivity contribution in [3.63, 3.8) is 0 Å². The van der Waals surface area contributed by atoms with Gasteiger partial charge in [-0.15, -0.1) is 0 Å². The number of carbonyl (C=O) groups excluding carboxylic acids is 1. The van der Waals surface area contributed by atoms with Crippen LogP contribution in [0.3, 0.4) is 0 Å². The highest BCUT2D eigenvalue weighted by Crippen LogP contribution is 2.16. The molecule has 1 aromatic carbocycles. The number of carboxylic acids is 1. The number of hydrogen-bond acceptors (Lipinski definition) is 2. The van der Waals surface area contributed by atoms with Crippen LogP contribution < -0.4 is 4.90 Å². The smallest absolute Gasteiger partial charge is 0.324 e. The van der Waals surface area contributed by atoms with Crippen molar-refractivity contribution in [3.05, 3.63) is 29.8 Å². The zero-order valence-electron chi connectivity index (χ0n) is 12.3. The van der Waals surface area contributed by atoms with E-state index in [2.05, 4.69) is 6.92 Å². The standard InChI is InChI=1S/C15H22N2O3/c1-4-10-17(11-14(18)19)15(20)16(3)13-8-6-12(5-2)7-9-13/h6-9H,4-5,10-11H2,1-3H3,(H,18,19). The lowest BCUT2D eigenvalue weighted by molar-refractivity contribution is -0.137. The molecule has 0 aromatic heterocycles. The van der Waals surface area contributed by atoms with Gasteiger partial charge in [0.15, 0.2) is 0 Å². The minimum absolute atomic E-state index is 0.274. The first-order valence-corrected chi connectivity index (χ1v) is 6.83. The Kier molecular flexibility index (Phi) is 6.03. The highest BCUT2D eigenvalue weighted by atomic mass is 16.4. The van der Waals surface area contributed by atoms with Gasteiger partial charge in [0, 0.05) is 19.3 Å². The van der Waals surface area contributed by atoms with Crippen molar-refractivity contribution in [2.75, 3.05) is 25.0 Å². The summed E-state index contributed by atoms with van der Waals surface area (Å²) >= 11 is 0. The van der Waals surface area contributed by atoms with Crippen LogP contribution in [-0.2, 0) is 11.2 Å². The van der Waals surface area contributed by atoms with Gasteiger partial charge in [0.05, 0.1) is 0 Å². The predicted octanol–water partition coefficient (Wildman–Crippen LogP) is 2.60. The zero-order valence-corrected chi connectivity index (χ0v) is 12.3. The molecule has 0 unspecified atom stereocenters. The fourth-order valence-electron chi connectivity index (χ4n) is 1.95. The van der Waals surface area contributed by atoms with Gasteiger partial charge in [0.1, 0.15) is 6.54 Å². The van der Waals surface area contributed by atoms with Crippen molar-refractivity contribution in [2.45, 2.75) is 26.7 Å². The molecule has 1 rings (SSSR count). The molecule has 5 heteroatoms. The van der Waals surface area contributed by atoms with Gasteiger partial charge in [-0.3, -0.25) is 9.69 Å². The van der Waals surface area contributed by atoms with Gasteiger partial charge < -0.3 is 10.0 Å². The molecular formula is C15H22N2O3. The molecule has 0 bridgehead atoms. The van der Waals surface area contributed by atoms with Crippen molar-refractivity contribution < 1.29 is 14.7 Å². The Morgan fingerprint density at radius 1 is 1.15 bits per heavy atom. The molecule has 0 aliphatic carbocycles. The van der Waals surface area contributed by atoms with E-state index in [4.69, 9.17) is 5.11 Å². The molecule has 0 saturated heterocycles. The number of aliphatic carboxylic acids is 1. The van der Waals surface area contributed by atoms with Gasteiger partial charge in [0.2, 0.25) is 0 Å². The maximum Gasteiger partial charge on any atom is 0.324 e. The fraction of sp³-hybridized carbons (Fsp3) is 0.467. The van der Waals surface area contributed by atoms with Crippen LogP contribution in [0.4, 0.5) is 10.5 Å². The Morgan fingerprint density at radius 2 is 1.75 bits per heavy atom. The van der Waals surface area contributed by atoms with Gasteiger partial charge in [-0.05, 0) is 30.5 Å². The van der Waals surface area contributed by atoms with Gasteiger partial charge in [0.25, 0.3) is 0 Å². The maximum atomic E-state index is 12.3. The molecule has 0 aliphatic heterocycles. The van der Waals surface area contributed by atoms with Gasteiger partial charge in [-0.1, -0.05) is 26.0 Å². The number of amides is 2. The summed E-state index contributed by atoms with van der Waals surface area (Å²) in [5.41, 5.74) is 1.96. The second-order valence-electron chi connectivity index (χ2n) is 4.68. The fourth-order valence-corrected chi connectivity index (χ4v) is 1.95. The third kappa shape index (κ3) is 4.26. The van der Waals surface area contributed by atoms with Gasteiger partial charge >= 0.3 is 12.0 Å². The van der Waals surface area contributed by atoms with E-state index in [0.29, 0.717) is 6.54 Å². The Balaban J connectivity index is 2.83. The largest absolute Gasteiger partial charge is 0.480 e. The molecule has 0 saturated carbocycles. The molecule has 1 aromatic rings. The second kappa shape index (κ2) is 7.53. The van der Waals surface area contributed by atoms with E-state index in [1.54, 1.807) is 7.05 Å². The molecule has 1 N–H and O–H groups in total. The van der Waals surface area contributed by atoms with Crippen molar-refractivity contribution in [1.82, 2.24) is 4.90 Å². The highest BCUT2D eigenvalue weighted by molar-refractivity contribution is 5.93. The molecule has 0 aliphatic rings. The molecule has 0 heterocycles. The molecule has 20 heavy (non-hydrogen) atoms. The van der Waals surface area contributed by atoms with E-state index in [0.717, 1.165) is 18.5 Å². The van der Waals surface area contributed by atoms with Crippen LogP contribution >= 0.6 is 0 Å². The number of aryl methyl sites for hydroxylation is 1. The number of carbonyl (C=O) groups is 2. The first-order valence-electron chi connectivity index (χ1n) is 6.83. The van der Waals surface area contributed by atoms with E-state index < -0.39 is 5.97 Å². The lowest BCUT2D eigenvalue weighted by Crippen LogP contribution is -2.44. The minimum atomic E-state index is -0.999. The van der Waals surface area contributed by atoms with E-state index in [-0.39, 0.29) is 12.6 Å². The third-order valence-corrected chi connectivity index (χ3v) is 3.11. The Morgan fingerprint density at radius 3 is 2.20 bits per heavy atom. The molecule has 110 valence electrons. The summed E-state index contributed by atoms with van der Waals surface area (Å²) in [6.07, 6.45) is 1.67.